The Morgan fingerprint density at radius 1 is 0.553 bits per heavy atom. The van der Waals surface area contributed by atoms with Crippen LogP contribution in [0.1, 0.15) is 141 Å². The van der Waals surface area contributed by atoms with Crippen LogP contribution in [-0.4, -0.2) is 37.0 Å². The Hall–Kier alpha value is -2.44. The van der Waals surface area contributed by atoms with Crippen LogP contribution in [0.5, 0.6) is 0 Å². The van der Waals surface area contributed by atoms with Crippen molar-refractivity contribution in [2.24, 2.45) is 10.2 Å². The van der Waals surface area contributed by atoms with Crippen molar-refractivity contribution in [3.63, 3.8) is 0 Å². The maximum Gasteiger partial charge on any atom is 0.220 e. The van der Waals surface area contributed by atoms with Crippen LogP contribution >= 0.6 is 0 Å². The molecular formula is C28H52N8O2. The topological polar surface area (TPSA) is 156 Å². The summed E-state index contributed by atoms with van der Waals surface area (Å²) in [6.45, 7) is 1.20. The molecule has 1 rings (SSSR count). The van der Waals surface area contributed by atoms with E-state index in [0.717, 1.165) is 89.9 Å². The molecule has 0 saturated heterocycles. The van der Waals surface area contributed by atoms with E-state index in [4.69, 9.17) is 11.1 Å². The molecule has 1 fully saturated rings. The van der Waals surface area contributed by atoms with E-state index in [1.165, 1.54) is 38.5 Å². The van der Waals surface area contributed by atoms with Crippen molar-refractivity contribution < 1.29 is 9.59 Å². The zero-order valence-electron chi connectivity index (χ0n) is 23.6. The van der Waals surface area contributed by atoms with E-state index in [-0.39, 0.29) is 23.9 Å². The molecule has 0 heterocycles. The average molecular weight is 533 g/mol. The van der Waals surface area contributed by atoms with Gasteiger partial charge in [0.1, 0.15) is 0 Å². The SMILES string of the molecule is [N-]=[N+]=NCCCCCCCCCCC(=O)N[C@H]1CCCC[C@@H]1NC(=O)CCCCCCCCCCN=[N+]=[N-]. The summed E-state index contributed by atoms with van der Waals surface area (Å²) in [6.07, 6.45) is 22.9. The van der Waals surface area contributed by atoms with Crippen LogP contribution in [0.15, 0.2) is 10.2 Å². The van der Waals surface area contributed by atoms with Gasteiger partial charge in [0.15, 0.2) is 0 Å². The largest absolute Gasteiger partial charge is 0.351 e. The summed E-state index contributed by atoms with van der Waals surface area (Å²) in [6, 6.07) is 0.119. The van der Waals surface area contributed by atoms with Crippen molar-refractivity contribution in [2.75, 3.05) is 13.1 Å². The first-order chi connectivity index (χ1) is 18.7. The summed E-state index contributed by atoms with van der Waals surface area (Å²) in [7, 11) is 0. The van der Waals surface area contributed by atoms with E-state index >= 15 is 0 Å². The van der Waals surface area contributed by atoms with E-state index in [0.29, 0.717) is 25.9 Å². The van der Waals surface area contributed by atoms with Gasteiger partial charge in [0.25, 0.3) is 0 Å². The molecule has 0 aromatic heterocycles. The predicted octanol–water partition coefficient (Wildman–Crippen LogP) is 8.17. The molecule has 38 heavy (non-hydrogen) atoms. The molecule has 0 bridgehead atoms. The van der Waals surface area contributed by atoms with E-state index in [1.807, 2.05) is 0 Å². The zero-order valence-corrected chi connectivity index (χ0v) is 23.6. The van der Waals surface area contributed by atoms with Crippen LogP contribution in [0.25, 0.3) is 20.9 Å². The van der Waals surface area contributed by atoms with Gasteiger partial charge in [-0.05, 0) is 49.6 Å². The summed E-state index contributed by atoms with van der Waals surface area (Å²) in [5, 5.41) is 13.5. The molecular weight excluding hydrogens is 480 g/mol. The highest BCUT2D eigenvalue weighted by Gasteiger charge is 2.27. The number of rotatable bonds is 24. The maximum atomic E-state index is 12.5. The molecule has 1 aliphatic carbocycles. The fraction of sp³-hybridized carbons (Fsp3) is 0.929. The van der Waals surface area contributed by atoms with Crippen molar-refractivity contribution in [1.82, 2.24) is 10.6 Å². The first kappa shape index (κ1) is 33.6. The van der Waals surface area contributed by atoms with Crippen molar-refractivity contribution in [3.8, 4) is 0 Å². The van der Waals surface area contributed by atoms with Gasteiger partial charge in [0, 0.05) is 47.8 Å². The molecule has 1 saturated carbocycles. The van der Waals surface area contributed by atoms with Crippen molar-refractivity contribution in [3.05, 3.63) is 20.9 Å². The summed E-state index contributed by atoms with van der Waals surface area (Å²) >= 11 is 0. The van der Waals surface area contributed by atoms with Gasteiger partial charge in [0.2, 0.25) is 11.8 Å². The number of carbonyl (C=O) groups is 2. The van der Waals surface area contributed by atoms with Gasteiger partial charge >= 0.3 is 0 Å². The molecule has 2 atom stereocenters. The van der Waals surface area contributed by atoms with E-state index in [2.05, 4.69) is 30.7 Å². The third-order valence-corrected chi connectivity index (χ3v) is 7.41. The fourth-order valence-electron chi connectivity index (χ4n) is 5.18. The van der Waals surface area contributed by atoms with Crippen LogP contribution in [0.3, 0.4) is 0 Å². The fourth-order valence-corrected chi connectivity index (χ4v) is 5.18. The monoisotopic (exact) mass is 532 g/mol. The lowest BCUT2D eigenvalue weighted by atomic mass is 9.90. The second kappa shape index (κ2) is 24.9. The van der Waals surface area contributed by atoms with Gasteiger partial charge in [-0.3, -0.25) is 9.59 Å². The number of carbonyl (C=O) groups excluding carboxylic acids is 2. The smallest absolute Gasteiger partial charge is 0.220 e. The molecule has 0 aromatic carbocycles. The zero-order chi connectivity index (χ0) is 27.5. The second-order valence-electron chi connectivity index (χ2n) is 10.7. The number of azide groups is 2. The van der Waals surface area contributed by atoms with E-state index in [1.54, 1.807) is 0 Å². The Labute approximate surface area is 229 Å². The predicted molar refractivity (Wildman–Crippen MR) is 153 cm³/mol. The number of amides is 2. The highest BCUT2D eigenvalue weighted by atomic mass is 16.2. The van der Waals surface area contributed by atoms with Crippen molar-refractivity contribution in [1.29, 1.82) is 0 Å². The molecule has 0 aromatic rings. The first-order valence-corrected chi connectivity index (χ1v) is 15.3. The molecule has 0 radical (unpaired) electrons. The van der Waals surface area contributed by atoms with Gasteiger partial charge < -0.3 is 10.6 Å². The van der Waals surface area contributed by atoms with Gasteiger partial charge in [-0.15, -0.1) is 0 Å². The quantitative estimate of drug-likeness (QED) is 0.0556. The third-order valence-electron chi connectivity index (χ3n) is 7.41. The highest BCUT2D eigenvalue weighted by Crippen LogP contribution is 2.20. The molecule has 216 valence electrons. The normalized spacial score (nSPS) is 16.7. The Morgan fingerprint density at radius 2 is 0.868 bits per heavy atom. The molecule has 0 aliphatic heterocycles. The molecule has 0 spiro atoms. The summed E-state index contributed by atoms with van der Waals surface area (Å²) in [5.74, 6) is 0.235. The third kappa shape index (κ3) is 19.6. The number of unbranched alkanes of at least 4 members (excludes halogenated alkanes) is 14. The molecule has 10 heteroatoms. The summed E-state index contributed by atoms with van der Waals surface area (Å²) < 4.78 is 0. The first-order valence-electron chi connectivity index (χ1n) is 15.3. The van der Waals surface area contributed by atoms with Gasteiger partial charge in [-0.1, -0.05) is 100 Å². The Morgan fingerprint density at radius 3 is 1.21 bits per heavy atom. The lowest BCUT2D eigenvalue weighted by Crippen LogP contribution is -2.53. The van der Waals surface area contributed by atoms with Crippen molar-refractivity contribution in [2.45, 2.75) is 153 Å². The van der Waals surface area contributed by atoms with Crippen LogP contribution in [0.4, 0.5) is 0 Å². The number of hydrogen-bond donors (Lipinski definition) is 2. The van der Waals surface area contributed by atoms with Gasteiger partial charge in [-0.2, -0.15) is 0 Å². The number of hydrogen-bond acceptors (Lipinski definition) is 4. The second-order valence-corrected chi connectivity index (χ2v) is 10.7. The van der Waals surface area contributed by atoms with Crippen LogP contribution in [0.2, 0.25) is 0 Å². The summed E-state index contributed by atoms with van der Waals surface area (Å²) in [4.78, 5) is 30.6. The van der Waals surface area contributed by atoms with Crippen LogP contribution in [0, 0.1) is 0 Å². The van der Waals surface area contributed by atoms with E-state index < -0.39 is 0 Å². The minimum absolute atomic E-state index is 0.0596. The van der Waals surface area contributed by atoms with Gasteiger partial charge in [-0.25, -0.2) is 0 Å². The standard InChI is InChI=1S/C28H52N8O2/c29-35-31-23-17-11-7-3-1-5-9-13-21-27(37)33-25-19-15-16-20-26(25)34-28(38)22-14-10-6-2-4-8-12-18-24-32-36-30/h25-26H,1-24H2,(H,33,37)(H,34,38)/t25-,26-/m0/s1. The molecule has 0 unspecified atom stereocenters. The highest BCUT2D eigenvalue weighted by molar-refractivity contribution is 5.77. The minimum atomic E-state index is 0.0596. The summed E-state index contributed by atoms with van der Waals surface area (Å²) in [5.41, 5.74) is 16.5. The van der Waals surface area contributed by atoms with Crippen molar-refractivity contribution >= 4 is 11.8 Å². The Bertz CT molecular complexity index is 660. The van der Waals surface area contributed by atoms with Crippen LogP contribution in [-0.2, 0) is 9.59 Å². The number of nitrogens with one attached hydrogen (secondary N) is 2. The Balaban J connectivity index is 2.07. The lowest BCUT2D eigenvalue weighted by molar-refractivity contribution is -0.125. The van der Waals surface area contributed by atoms with Gasteiger partial charge in [0.05, 0.1) is 0 Å². The maximum absolute atomic E-state index is 12.5. The molecule has 1 aliphatic rings. The molecule has 10 nitrogen and oxygen atoms in total. The Kier molecular flexibility index (Phi) is 22.0. The minimum Gasteiger partial charge on any atom is -0.351 e. The van der Waals surface area contributed by atoms with Crippen LogP contribution < -0.4 is 10.6 Å². The lowest BCUT2D eigenvalue weighted by Gasteiger charge is -2.33. The molecule has 2 N–H and O–H groups in total. The average Bonchev–Trinajstić information content (AvgIpc) is 2.91. The number of nitrogens with zero attached hydrogens (tertiary/aromatic N) is 6. The molecule has 2 amide bonds. The van der Waals surface area contributed by atoms with E-state index in [9.17, 15) is 9.59 Å².